The topological polar surface area (TPSA) is 19.0 Å². The SMILES string of the molecule is Cc1cc2c3c(c1)N1c4ccccc4C(C)(C)c4cccc(c41)P3(=S)c1ccc3cc1N2c1cccc(c1)Oc1cccc(c1)N3c1ccccc1. The Balaban J connectivity index is 1.28. The third kappa shape index (κ3) is 3.90. The minimum Gasteiger partial charge on any atom is -0.457 e. The van der Waals surface area contributed by atoms with Crippen LogP contribution in [0.25, 0.3) is 0 Å². The Hall–Kier alpha value is -5.61. The zero-order chi connectivity index (χ0) is 34.9. The molecule has 6 bridgehead atoms. The lowest BCUT2D eigenvalue weighted by molar-refractivity contribution is 0.483. The summed E-state index contributed by atoms with van der Waals surface area (Å²) in [5.74, 6) is 1.57. The van der Waals surface area contributed by atoms with Gasteiger partial charge in [-0.1, -0.05) is 92.4 Å². The molecule has 6 heteroatoms. The minimum absolute atomic E-state index is 0.190. The molecule has 0 radical (unpaired) electrons. The number of ether oxygens (including phenoxy) is 1. The summed E-state index contributed by atoms with van der Waals surface area (Å²) in [6.07, 6.45) is 0. The van der Waals surface area contributed by atoms with E-state index in [-0.39, 0.29) is 5.41 Å². The summed E-state index contributed by atoms with van der Waals surface area (Å²) in [4.78, 5) is 7.29. The van der Waals surface area contributed by atoms with Crippen molar-refractivity contribution in [2.75, 3.05) is 14.7 Å². The van der Waals surface area contributed by atoms with E-state index in [1.165, 1.54) is 49.7 Å². The molecule has 0 amide bonds. The summed E-state index contributed by atoms with van der Waals surface area (Å²) >= 11 is 7.31. The quantitative estimate of drug-likeness (QED) is 0.158. The van der Waals surface area contributed by atoms with Gasteiger partial charge in [-0.3, -0.25) is 0 Å². The van der Waals surface area contributed by atoms with Gasteiger partial charge in [-0.25, -0.2) is 0 Å². The van der Waals surface area contributed by atoms with Gasteiger partial charge in [-0.15, -0.1) is 0 Å². The molecule has 1 unspecified atom stereocenters. The van der Waals surface area contributed by atoms with Crippen molar-refractivity contribution in [2.24, 2.45) is 0 Å². The maximum Gasteiger partial charge on any atom is 0.129 e. The highest BCUT2D eigenvalue weighted by Gasteiger charge is 2.50. The Labute approximate surface area is 309 Å². The molecule has 0 N–H and O–H groups in total. The van der Waals surface area contributed by atoms with Gasteiger partial charge in [0.2, 0.25) is 0 Å². The van der Waals surface area contributed by atoms with Gasteiger partial charge >= 0.3 is 0 Å². The highest BCUT2D eigenvalue weighted by Crippen LogP contribution is 2.65. The summed E-state index contributed by atoms with van der Waals surface area (Å²) in [6.45, 7) is 6.94. The standard InChI is InChI=1S/C46H34N3OPS/c1-29-24-40-45-41(25-29)49-38-20-8-7-18-36(38)46(2,3)37-19-11-21-43(44(37)49)51(45,52)42-23-22-33-28-39(42)48(40)32-15-10-17-35(27-32)50-34-16-9-14-31(26-34)47(33)30-12-5-4-6-13-30/h4-28H,1-3H3. The number of rotatable bonds is 1. The molecule has 4 aliphatic rings. The van der Waals surface area contributed by atoms with Gasteiger partial charge in [0.05, 0.1) is 28.4 Å². The van der Waals surface area contributed by atoms with Gasteiger partial charge in [0.1, 0.15) is 11.5 Å². The summed E-state index contributed by atoms with van der Waals surface area (Å²) in [5.41, 5.74) is 13.8. The molecule has 250 valence electrons. The zero-order valence-electron chi connectivity index (χ0n) is 29.0. The van der Waals surface area contributed by atoms with Gasteiger partial charge in [0.25, 0.3) is 0 Å². The van der Waals surface area contributed by atoms with Crippen LogP contribution in [0.2, 0.25) is 0 Å². The highest BCUT2D eigenvalue weighted by molar-refractivity contribution is 8.26. The van der Waals surface area contributed by atoms with Gasteiger partial charge in [-0.2, -0.15) is 0 Å². The largest absolute Gasteiger partial charge is 0.457 e. The minimum atomic E-state index is -2.60. The highest BCUT2D eigenvalue weighted by atomic mass is 32.4. The number of para-hydroxylation sites is 3. The van der Waals surface area contributed by atoms with Crippen LogP contribution in [-0.2, 0) is 17.2 Å². The molecular weight excluding hydrogens is 674 g/mol. The number of anilines is 9. The Morgan fingerprint density at radius 2 is 1.12 bits per heavy atom. The molecule has 0 aromatic heterocycles. The van der Waals surface area contributed by atoms with Crippen molar-refractivity contribution < 1.29 is 4.74 Å². The van der Waals surface area contributed by atoms with Crippen molar-refractivity contribution in [1.82, 2.24) is 0 Å². The monoisotopic (exact) mass is 707 g/mol. The first-order valence-corrected chi connectivity index (χ1v) is 20.6. The molecule has 0 spiro atoms. The third-order valence-electron chi connectivity index (χ3n) is 11.3. The van der Waals surface area contributed by atoms with E-state index >= 15 is 0 Å². The molecule has 4 heterocycles. The van der Waals surface area contributed by atoms with E-state index in [0.29, 0.717) is 0 Å². The molecular formula is C46H34N3OPS. The van der Waals surface area contributed by atoms with Crippen molar-refractivity contribution >= 4 is 84.9 Å². The first kappa shape index (κ1) is 30.1. The summed E-state index contributed by atoms with van der Waals surface area (Å²) in [5, 5.41) is 3.72. The molecule has 0 fully saturated rings. The van der Waals surface area contributed by atoms with E-state index in [0.717, 1.165) is 45.6 Å². The van der Waals surface area contributed by atoms with E-state index in [1.54, 1.807) is 0 Å². The fourth-order valence-corrected chi connectivity index (χ4v) is 13.8. The fourth-order valence-electron chi connectivity index (χ4n) is 9.05. The van der Waals surface area contributed by atoms with Crippen molar-refractivity contribution in [3.05, 3.63) is 168 Å². The smallest absolute Gasteiger partial charge is 0.129 e. The van der Waals surface area contributed by atoms with Crippen molar-refractivity contribution in [2.45, 2.75) is 26.2 Å². The second-order valence-electron chi connectivity index (χ2n) is 14.7. The van der Waals surface area contributed by atoms with Crippen LogP contribution in [-0.4, -0.2) is 0 Å². The zero-order valence-corrected chi connectivity index (χ0v) is 30.8. The summed E-state index contributed by atoms with van der Waals surface area (Å²) in [7, 11) is 0. The number of nitrogens with zero attached hydrogens (tertiary/aromatic N) is 3. The predicted octanol–water partition coefficient (Wildman–Crippen LogP) is 11.5. The molecule has 0 saturated carbocycles. The van der Waals surface area contributed by atoms with Crippen LogP contribution < -0.4 is 35.4 Å². The van der Waals surface area contributed by atoms with Crippen LogP contribution in [0.4, 0.5) is 51.2 Å². The lowest BCUT2D eigenvalue weighted by Gasteiger charge is -2.51. The molecule has 4 aliphatic heterocycles. The Kier molecular flexibility index (Phi) is 6.06. The molecule has 0 aliphatic carbocycles. The van der Waals surface area contributed by atoms with Crippen molar-refractivity contribution in [1.29, 1.82) is 0 Å². The van der Waals surface area contributed by atoms with Crippen molar-refractivity contribution in [3.8, 4) is 11.5 Å². The van der Waals surface area contributed by atoms with E-state index in [1.807, 2.05) is 12.1 Å². The van der Waals surface area contributed by atoms with Gasteiger partial charge in [0, 0.05) is 62.2 Å². The third-order valence-corrected chi connectivity index (χ3v) is 16.2. The van der Waals surface area contributed by atoms with E-state index in [2.05, 4.69) is 175 Å². The molecule has 11 rings (SSSR count). The van der Waals surface area contributed by atoms with Crippen LogP contribution >= 0.6 is 6.04 Å². The number of hydrogen-bond donors (Lipinski definition) is 0. The number of aryl methyl sites for hydroxylation is 1. The molecule has 7 aromatic carbocycles. The second kappa shape index (κ2) is 10.5. The predicted molar refractivity (Wildman–Crippen MR) is 221 cm³/mol. The molecule has 52 heavy (non-hydrogen) atoms. The average molecular weight is 708 g/mol. The van der Waals surface area contributed by atoms with Gasteiger partial charge < -0.3 is 19.4 Å². The van der Waals surface area contributed by atoms with Gasteiger partial charge in [-0.05, 0) is 96.4 Å². The summed E-state index contributed by atoms with van der Waals surface area (Å²) < 4.78 is 6.62. The summed E-state index contributed by atoms with van der Waals surface area (Å²) in [6, 6.07) is 52.3. The maximum atomic E-state index is 7.31. The molecule has 0 saturated heterocycles. The molecule has 1 atom stereocenters. The first-order valence-electron chi connectivity index (χ1n) is 17.8. The Morgan fingerprint density at radius 1 is 0.500 bits per heavy atom. The molecule has 4 nitrogen and oxygen atoms in total. The average Bonchev–Trinajstić information content (AvgIpc) is 3.15. The number of hydrogen-bond acceptors (Lipinski definition) is 5. The van der Waals surface area contributed by atoms with Gasteiger partial charge in [0.15, 0.2) is 0 Å². The second-order valence-corrected chi connectivity index (χ2v) is 19.0. The van der Waals surface area contributed by atoms with Crippen LogP contribution in [0.3, 0.4) is 0 Å². The Morgan fingerprint density at radius 3 is 1.88 bits per heavy atom. The maximum absolute atomic E-state index is 7.31. The lowest BCUT2D eigenvalue weighted by Crippen LogP contribution is -2.46. The van der Waals surface area contributed by atoms with E-state index in [9.17, 15) is 0 Å². The first-order chi connectivity index (χ1) is 25.3. The van der Waals surface area contributed by atoms with Crippen molar-refractivity contribution in [3.63, 3.8) is 0 Å². The number of fused-ring (bicyclic) bond motifs is 12. The fraction of sp³-hybridized carbons (Fsp3) is 0.0870. The number of benzene rings is 7. The van der Waals surface area contributed by atoms with E-state index in [4.69, 9.17) is 16.5 Å². The lowest BCUT2D eigenvalue weighted by atomic mass is 9.73. The van der Waals surface area contributed by atoms with Crippen LogP contribution in [0.5, 0.6) is 11.5 Å². The molecule has 7 aromatic rings. The van der Waals surface area contributed by atoms with Crippen LogP contribution in [0, 0.1) is 6.92 Å². The Bertz CT molecular complexity index is 2720. The van der Waals surface area contributed by atoms with Crippen LogP contribution in [0.1, 0.15) is 30.5 Å². The van der Waals surface area contributed by atoms with Crippen LogP contribution in [0.15, 0.2) is 152 Å². The van der Waals surface area contributed by atoms with E-state index < -0.39 is 6.04 Å². The normalized spacial score (nSPS) is 17.9.